The fourth-order valence-electron chi connectivity index (χ4n) is 2.37. The number of phosphoric acid groups is 1. The summed E-state index contributed by atoms with van der Waals surface area (Å²) in [7, 11) is -4.72. The molecule has 0 amide bonds. The average molecular weight is 382 g/mol. The second-order valence-corrected chi connectivity index (χ2v) is 6.80. The normalized spacial score (nSPS) is 27.8. The summed E-state index contributed by atoms with van der Waals surface area (Å²) in [6.07, 6.45) is -2.13. The first kappa shape index (κ1) is 17.3. The molecule has 1 aliphatic rings. The Balaban J connectivity index is 1.90. The fraction of sp³-hybridized carbons (Fsp3) is 0.500. The number of imidazole rings is 1. The summed E-state index contributed by atoms with van der Waals surface area (Å²) in [5.74, 6) is -0.139. The number of halogens is 1. The summed E-state index contributed by atoms with van der Waals surface area (Å²) in [6.45, 7) is -0.575. The van der Waals surface area contributed by atoms with Gasteiger partial charge in [0.05, 0.1) is 12.9 Å². The SMILES string of the molecule is Nc1nc2c(ncn2[C@@H]2O[C@H](COP(=O)(O)O)[C@@H](O)[C@H]2Cl)c(=O)[nH]1. The van der Waals surface area contributed by atoms with Crippen LogP contribution in [0.5, 0.6) is 0 Å². The summed E-state index contributed by atoms with van der Waals surface area (Å²) in [6, 6.07) is 0. The summed E-state index contributed by atoms with van der Waals surface area (Å²) in [5.41, 5.74) is 5.04. The van der Waals surface area contributed by atoms with E-state index in [4.69, 9.17) is 31.9 Å². The van der Waals surface area contributed by atoms with Crippen molar-refractivity contribution in [1.82, 2.24) is 19.5 Å². The molecule has 0 radical (unpaired) electrons. The fourth-order valence-corrected chi connectivity index (χ4v) is 3.05. The number of fused-ring (bicyclic) bond motifs is 1. The number of aliphatic hydroxyl groups is 1. The van der Waals surface area contributed by atoms with Crippen molar-refractivity contribution >= 4 is 36.5 Å². The van der Waals surface area contributed by atoms with E-state index >= 15 is 0 Å². The van der Waals surface area contributed by atoms with Crippen LogP contribution in [-0.2, 0) is 13.8 Å². The number of aliphatic hydroxyl groups excluding tert-OH is 1. The third-order valence-corrected chi connectivity index (χ3v) is 4.38. The van der Waals surface area contributed by atoms with Crippen molar-refractivity contribution in [2.75, 3.05) is 12.3 Å². The minimum Gasteiger partial charge on any atom is -0.389 e. The molecule has 4 atom stereocenters. The lowest BCUT2D eigenvalue weighted by molar-refractivity contribution is -0.0423. The molecular formula is C10H13ClN5O7P. The Morgan fingerprint density at radius 2 is 2.25 bits per heavy atom. The lowest BCUT2D eigenvalue weighted by atomic mass is 10.2. The Bertz CT molecular complexity index is 865. The predicted molar refractivity (Wildman–Crippen MR) is 80.1 cm³/mol. The van der Waals surface area contributed by atoms with Gasteiger partial charge >= 0.3 is 7.82 Å². The Labute approximate surface area is 138 Å². The second kappa shape index (κ2) is 6.08. The maximum Gasteiger partial charge on any atom is 0.469 e. The largest absolute Gasteiger partial charge is 0.469 e. The van der Waals surface area contributed by atoms with Crippen LogP contribution in [0.25, 0.3) is 11.2 Å². The molecule has 1 aliphatic heterocycles. The van der Waals surface area contributed by atoms with Crippen LogP contribution in [0.1, 0.15) is 6.23 Å². The summed E-state index contributed by atoms with van der Waals surface area (Å²) in [4.78, 5) is 39.4. The monoisotopic (exact) mass is 381 g/mol. The number of nitrogens with two attached hydrogens (primary N) is 1. The highest BCUT2D eigenvalue weighted by molar-refractivity contribution is 7.46. The van der Waals surface area contributed by atoms with Gasteiger partial charge in [0.15, 0.2) is 17.4 Å². The van der Waals surface area contributed by atoms with E-state index < -0.39 is 43.8 Å². The van der Waals surface area contributed by atoms with Gasteiger partial charge in [-0.2, -0.15) is 4.98 Å². The van der Waals surface area contributed by atoms with Crippen LogP contribution >= 0.6 is 19.4 Å². The minimum absolute atomic E-state index is 0.000994. The van der Waals surface area contributed by atoms with Crippen molar-refractivity contribution in [1.29, 1.82) is 0 Å². The Hall–Kier alpha value is -1.53. The minimum atomic E-state index is -4.72. The van der Waals surface area contributed by atoms with E-state index in [0.29, 0.717) is 0 Å². The molecule has 0 saturated carbocycles. The van der Waals surface area contributed by atoms with Crippen molar-refractivity contribution in [2.24, 2.45) is 0 Å². The Kier molecular flexibility index (Phi) is 4.38. The number of hydrogen-bond donors (Lipinski definition) is 5. The molecule has 132 valence electrons. The number of aromatic amines is 1. The number of alkyl halides is 1. The van der Waals surface area contributed by atoms with E-state index in [9.17, 15) is 14.5 Å². The van der Waals surface area contributed by atoms with Crippen molar-refractivity contribution in [3.63, 3.8) is 0 Å². The van der Waals surface area contributed by atoms with Crippen LogP contribution in [-0.4, -0.2) is 58.6 Å². The number of anilines is 1. The number of ether oxygens (including phenoxy) is 1. The topological polar surface area (TPSA) is 186 Å². The zero-order valence-corrected chi connectivity index (χ0v) is 13.5. The van der Waals surface area contributed by atoms with Gasteiger partial charge < -0.3 is 25.4 Å². The molecule has 0 bridgehead atoms. The molecule has 2 aromatic heterocycles. The van der Waals surface area contributed by atoms with Crippen LogP contribution in [0.3, 0.4) is 0 Å². The molecule has 0 unspecified atom stereocenters. The van der Waals surface area contributed by atoms with E-state index in [1.165, 1.54) is 10.9 Å². The Morgan fingerprint density at radius 1 is 1.54 bits per heavy atom. The van der Waals surface area contributed by atoms with Gasteiger partial charge in [0.2, 0.25) is 5.95 Å². The number of hydrogen-bond acceptors (Lipinski definition) is 8. The van der Waals surface area contributed by atoms with E-state index in [2.05, 4.69) is 19.5 Å². The molecule has 1 saturated heterocycles. The molecule has 3 rings (SSSR count). The zero-order valence-electron chi connectivity index (χ0n) is 11.8. The zero-order chi connectivity index (χ0) is 17.6. The standard InChI is InChI=1S/C10H13ClN5O7P/c11-4-6(17)3(1-22-24(19,20)21)23-9(4)16-2-13-5-7(16)14-10(12)15-8(5)18/h2-4,6,9,17H,1H2,(H2,19,20,21)(H3,12,14,15,18)/t3-,4-,6-,9-/m1/s1. The lowest BCUT2D eigenvalue weighted by Gasteiger charge is -2.16. The molecule has 6 N–H and O–H groups in total. The molecule has 3 heterocycles. The quantitative estimate of drug-likeness (QED) is 0.314. The van der Waals surface area contributed by atoms with Gasteiger partial charge in [-0.05, 0) is 0 Å². The first-order valence-corrected chi connectivity index (χ1v) is 8.54. The summed E-state index contributed by atoms with van der Waals surface area (Å²) < 4.78 is 21.9. The molecule has 12 nitrogen and oxygen atoms in total. The first-order chi connectivity index (χ1) is 11.2. The Morgan fingerprint density at radius 3 is 2.92 bits per heavy atom. The molecule has 2 aromatic rings. The van der Waals surface area contributed by atoms with E-state index in [1.54, 1.807) is 0 Å². The summed E-state index contributed by atoms with van der Waals surface area (Å²) >= 11 is 6.13. The lowest BCUT2D eigenvalue weighted by Crippen LogP contribution is -2.30. The van der Waals surface area contributed by atoms with Crippen molar-refractivity contribution in [2.45, 2.75) is 23.8 Å². The van der Waals surface area contributed by atoms with Crippen molar-refractivity contribution in [3.05, 3.63) is 16.7 Å². The van der Waals surface area contributed by atoms with Gasteiger partial charge in [0, 0.05) is 0 Å². The number of rotatable bonds is 4. The van der Waals surface area contributed by atoms with Gasteiger partial charge in [-0.15, -0.1) is 11.6 Å². The van der Waals surface area contributed by atoms with Crippen LogP contribution < -0.4 is 11.3 Å². The molecule has 24 heavy (non-hydrogen) atoms. The molecule has 14 heteroatoms. The number of aromatic nitrogens is 4. The number of phosphoric ester groups is 1. The number of nitrogens with one attached hydrogen (secondary N) is 1. The van der Waals surface area contributed by atoms with Gasteiger partial charge in [-0.3, -0.25) is 18.9 Å². The molecule has 1 fully saturated rings. The second-order valence-electron chi connectivity index (χ2n) is 5.06. The van der Waals surface area contributed by atoms with Gasteiger partial charge in [-0.1, -0.05) is 0 Å². The maximum absolute atomic E-state index is 11.8. The predicted octanol–water partition coefficient (Wildman–Crippen LogP) is -1.32. The van der Waals surface area contributed by atoms with Crippen molar-refractivity contribution < 1.29 is 28.7 Å². The molecule has 0 spiro atoms. The first-order valence-electron chi connectivity index (χ1n) is 6.57. The molecule has 0 aromatic carbocycles. The van der Waals surface area contributed by atoms with E-state index in [1.807, 2.05) is 0 Å². The van der Waals surface area contributed by atoms with E-state index in [0.717, 1.165) is 0 Å². The highest BCUT2D eigenvalue weighted by atomic mass is 35.5. The summed E-state index contributed by atoms with van der Waals surface area (Å²) in [5, 5.41) is 9.06. The van der Waals surface area contributed by atoms with Crippen LogP contribution in [0, 0.1) is 0 Å². The third-order valence-electron chi connectivity index (χ3n) is 3.43. The number of H-pyrrole nitrogens is 1. The smallest absolute Gasteiger partial charge is 0.389 e. The molecular weight excluding hydrogens is 369 g/mol. The third kappa shape index (κ3) is 3.17. The maximum atomic E-state index is 11.8. The van der Waals surface area contributed by atoms with Crippen LogP contribution in [0.4, 0.5) is 5.95 Å². The number of nitrogens with zero attached hydrogens (tertiary/aromatic N) is 3. The number of nitrogen functional groups attached to an aromatic ring is 1. The van der Waals surface area contributed by atoms with E-state index in [-0.39, 0.29) is 17.1 Å². The van der Waals surface area contributed by atoms with Gasteiger partial charge in [-0.25, -0.2) is 9.55 Å². The highest BCUT2D eigenvalue weighted by Crippen LogP contribution is 2.39. The van der Waals surface area contributed by atoms with Crippen LogP contribution in [0.15, 0.2) is 11.1 Å². The van der Waals surface area contributed by atoms with Crippen LogP contribution in [0.2, 0.25) is 0 Å². The van der Waals surface area contributed by atoms with Crippen molar-refractivity contribution in [3.8, 4) is 0 Å². The highest BCUT2D eigenvalue weighted by Gasteiger charge is 2.45. The van der Waals surface area contributed by atoms with Gasteiger partial charge in [0.1, 0.15) is 17.6 Å². The van der Waals surface area contributed by atoms with Gasteiger partial charge in [0.25, 0.3) is 5.56 Å². The molecule has 0 aliphatic carbocycles. The average Bonchev–Trinajstić information content (AvgIpc) is 3.00.